The van der Waals surface area contributed by atoms with Crippen molar-refractivity contribution in [2.24, 2.45) is 0 Å². The van der Waals surface area contributed by atoms with Crippen LogP contribution in [0.3, 0.4) is 0 Å². The number of alkyl halides is 1. The number of hydrogen-bond acceptors (Lipinski definition) is 0. The van der Waals surface area contributed by atoms with Crippen LogP contribution in [0.1, 0.15) is 38.7 Å². The van der Waals surface area contributed by atoms with E-state index < -0.39 is 0 Å². The first-order valence-electron chi connectivity index (χ1n) is 5.47. The van der Waals surface area contributed by atoms with Crippen molar-refractivity contribution in [3.63, 3.8) is 0 Å². The largest absolute Gasteiger partial charge is 0.207 e. The maximum atomic E-state index is 12.5. The predicted molar refractivity (Wildman–Crippen MR) is 73.7 cm³/mol. The second-order valence-corrected chi connectivity index (χ2v) is 4.51. The summed E-state index contributed by atoms with van der Waals surface area (Å²) in [5.74, 6) is 0.382. The summed E-state index contributed by atoms with van der Waals surface area (Å²) in [5.41, 5.74) is 2.39. The highest BCUT2D eigenvalue weighted by Crippen LogP contribution is 2.17. The average Bonchev–Trinajstić information content (AvgIpc) is 2.29. The number of halogens is 2. The van der Waals surface area contributed by atoms with Crippen molar-refractivity contribution in [3.05, 3.63) is 47.8 Å². The van der Waals surface area contributed by atoms with Crippen LogP contribution < -0.4 is 0 Å². The Morgan fingerprint density at radius 3 is 2.12 bits per heavy atom. The molecule has 0 N–H and O–H groups in total. The Labute approximate surface area is 107 Å². The van der Waals surface area contributed by atoms with E-state index in [2.05, 4.69) is 36.4 Å². The third kappa shape index (κ3) is 6.78. The summed E-state index contributed by atoms with van der Waals surface area (Å²) >= 11 is 3.21. The molecule has 0 heterocycles. The van der Waals surface area contributed by atoms with Gasteiger partial charge in [0.1, 0.15) is 5.82 Å². The van der Waals surface area contributed by atoms with Gasteiger partial charge in [0.05, 0.1) is 0 Å². The third-order valence-electron chi connectivity index (χ3n) is 2.28. The molecule has 0 bridgehead atoms. The van der Waals surface area contributed by atoms with E-state index in [9.17, 15) is 4.39 Å². The van der Waals surface area contributed by atoms with Crippen molar-refractivity contribution in [2.75, 3.05) is 5.33 Å². The normalized spacial score (nSPS) is 11.3. The lowest BCUT2D eigenvalue weighted by atomic mass is 9.99. The molecule has 1 aromatic rings. The Balaban J connectivity index is 0.000000385. The maximum absolute atomic E-state index is 12.5. The summed E-state index contributed by atoms with van der Waals surface area (Å²) in [6.07, 6.45) is 1.10. The van der Waals surface area contributed by atoms with Crippen LogP contribution in [0.4, 0.5) is 4.39 Å². The Morgan fingerprint density at radius 1 is 1.38 bits per heavy atom. The number of hydrogen-bond donors (Lipinski definition) is 0. The molecule has 0 aliphatic carbocycles. The summed E-state index contributed by atoms with van der Waals surface area (Å²) in [5, 5.41) is 0.924. The van der Waals surface area contributed by atoms with Gasteiger partial charge >= 0.3 is 0 Å². The topological polar surface area (TPSA) is 0 Å². The van der Waals surface area contributed by atoms with Crippen LogP contribution in [0.15, 0.2) is 36.4 Å². The lowest BCUT2D eigenvalue weighted by Crippen LogP contribution is -1.90. The zero-order valence-corrected chi connectivity index (χ0v) is 11.8. The standard InChI is InChI=1S/C10H13F.C4H7Br/c1-3-8(2)9-4-6-10(11)7-5-9;1-4(2)3-5/h4-8H,3H2,1-2H3;1,3H2,2H3. The number of allylic oxidation sites excluding steroid dienone is 1. The average molecular weight is 287 g/mol. The summed E-state index contributed by atoms with van der Waals surface area (Å²) in [6, 6.07) is 6.73. The minimum absolute atomic E-state index is 0.156. The molecule has 0 saturated carbocycles. The van der Waals surface area contributed by atoms with Crippen molar-refractivity contribution in [2.45, 2.75) is 33.1 Å². The van der Waals surface area contributed by atoms with Crippen molar-refractivity contribution in [1.82, 2.24) is 0 Å². The molecule has 0 amide bonds. The van der Waals surface area contributed by atoms with Crippen molar-refractivity contribution < 1.29 is 4.39 Å². The molecule has 0 aliphatic heterocycles. The van der Waals surface area contributed by atoms with E-state index in [1.54, 1.807) is 0 Å². The highest BCUT2D eigenvalue weighted by molar-refractivity contribution is 9.09. The molecule has 0 spiro atoms. The van der Waals surface area contributed by atoms with Crippen molar-refractivity contribution in [1.29, 1.82) is 0 Å². The van der Waals surface area contributed by atoms with Gasteiger partial charge in [-0.25, -0.2) is 4.39 Å². The van der Waals surface area contributed by atoms with Gasteiger partial charge in [-0.1, -0.05) is 54.1 Å². The Bertz CT molecular complexity index is 303. The van der Waals surface area contributed by atoms with E-state index in [4.69, 9.17) is 0 Å². The molecule has 0 aliphatic rings. The van der Waals surface area contributed by atoms with E-state index in [0.717, 1.165) is 11.8 Å². The van der Waals surface area contributed by atoms with Gasteiger partial charge in [0, 0.05) is 5.33 Å². The number of benzene rings is 1. The zero-order valence-electron chi connectivity index (χ0n) is 10.3. The molecular formula is C14H20BrF. The van der Waals surface area contributed by atoms with E-state index in [0.29, 0.717) is 5.92 Å². The lowest BCUT2D eigenvalue weighted by molar-refractivity contribution is 0.625. The molecule has 1 rings (SSSR count). The SMILES string of the molecule is C=C(C)CBr.CCC(C)c1ccc(F)cc1. The van der Waals surface area contributed by atoms with E-state index >= 15 is 0 Å². The van der Waals surface area contributed by atoms with Gasteiger partial charge < -0.3 is 0 Å². The van der Waals surface area contributed by atoms with Crippen LogP contribution in [0.2, 0.25) is 0 Å². The molecule has 90 valence electrons. The zero-order chi connectivity index (χ0) is 12.6. The summed E-state index contributed by atoms with van der Waals surface area (Å²) in [4.78, 5) is 0. The van der Waals surface area contributed by atoms with Crippen LogP contribution >= 0.6 is 15.9 Å². The highest BCUT2D eigenvalue weighted by atomic mass is 79.9. The molecule has 0 nitrogen and oxygen atoms in total. The molecule has 16 heavy (non-hydrogen) atoms. The van der Waals surface area contributed by atoms with E-state index in [-0.39, 0.29) is 5.82 Å². The van der Waals surface area contributed by atoms with Gasteiger partial charge in [0.2, 0.25) is 0 Å². The second kappa shape index (κ2) is 8.51. The van der Waals surface area contributed by atoms with Gasteiger partial charge in [-0.05, 0) is 37.0 Å². The van der Waals surface area contributed by atoms with Gasteiger partial charge in [0.15, 0.2) is 0 Å². The molecule has 1 aromatic carbocycles. The van der Waals surface area contributed by atoms with Crippen LogP contribution in [0.25, 0.3) is 0 Å². The molecule has 1 unspecified atom stereocenters. The fraction of sp³-hybridized carbons (Fsp3) is 0.429. The van der Waals surface area contributed by atoms with Gasteiger partial charge in [0.25, 0.3) is 0 Å². The van der Waals surface area contributed by atoms with Gasteiger partial charge in [-0.2, -0.15) is 0 Å². The molecule has 0 saturated heterocycles. The molecule has 2 heteroatoms. The Hall–Kier alpha value is -0.630. The smallest absolute Gasteiger partial charge is 0.123 e. The van der Waals surface area contributed by atoms with Crippen LogP contribution in [-0.4, -0.2) is 5.33 Å². The first-order chi connectivity index (χ1) is 7.51. The summed E-state index contributed by atoms with van der Waals surface area (Å²) < 4.78 is 12.5. The molecular weight excluding hydrogens is 267 g/mol. The van der Waals surface area contributed by atoms with Crippen molar-refractivity contribution in [3.8, 4) is 0 Å². The summed E-state index contributed by atoms with van der Waals surface area (Å²) in [6.45, 7) is 9.89. The molecule has 1 atom stereocenters. The van der Waals surface area contributed by atoms with Gasteiger partial charge in [-0.3, -0.25) is 0 Å². The number of rotatable bonds is 3. The van der Waals surface area contributed by atoms with Crippen molar-refractivity contribution >= 4 is 15.9 Å². The van der Waals surface area contributed by atoms with Crippen LogP contribution in [-0.2, 0) is 0 Å². The fourth-order valence-corrected chi connectivity index (χ4v) is 1.03. The minimum Gasteiger partial charge on any atom is -0.207 e. The fourth-order valence-electron chi connectivity index (χ4n) is 1.03. The van der Waals surface area contributed by atoms with Gasteiger partial charge in [-0.15, -0.1) is 0 Å². The predicted octanol–water partition coefficient (Wildman–Crippen LogP) is 5.30. The first-order valence-corrected chi connectivity index (χ1v) is 6.59. The third-order valence-corrected chi connectivity index (χ3v) is 3.24. The monoisotopic (exact) mass is 286 g/mol. The summed E-state index contributed by atoms with van der Waals surface area (Å²) in [7, 11) is 0. The molecule has 0 fully saturated rings. The first kappa shape index (κ1) is 15.4. The lowest BCUT2D eigenvalue weighted by Gasteiger charge is -2.07. The minimum atomic E-state index is -0.156. The van der Waals surface area contributed by atoms with E-state index in [1.165, 1.54) is 23.3 Å². The van der Waals surface area contributed by atoms with E-state index in [1.807, 2.05) is 19.1 Å². The Morgan fingerprint density at radius 2 is 1.81 bits per heavy atom. The maximum Gasteiger partial charge on any atom is 0.123 e. The quantitative estimate of drug-likeness (QED) is 0.523. The highest BCUT2D eigenvalue weighted by Gasteiger charge is 2.01. The van der Waals surface area contributed by atoms with Crippen LogP contribution in [0, 0.1) is 5.82 Å². The Kier molecular flexibility index (Phi) is 8.18. The molecule has 0 aromatic heterocycles. The molecule has 0 radical (unpaired) electrons. The van der Waals surface area contributed by atoms with Crippen LogP contribution in [0.5, 0.6) is 0 Å². The second-order valence-electron chi connectivity index (χ2n) is 3.95.